The third-order valence-electron chi connectivity index (χ3n) is 4.57. The van der Waals surface area contributed by atoms with E-state index in [9.17, 15) is 0 Å². The summed E-state index contributed by atoms with van der Waals surface area (Å²) < 4.78 is 5.54. The van der Waals surface area contributed by atoms with Crippen molar-refractivity contribution in [2.45, 2.75) is 39.2 Å². The van der Waals surface area contributed by atoms with Crippen LogP contribution in [0.3, 0.4) is 0 Å². The summed E-state index contributed by atoms with van der Waals surface area (Å²) in [5, 5.41) is 4.26. The molecule has 0 atom stereocenters. The summed E-state index contributed by atoms with van der Waals surface area (Å²) in [6.45, 7) is 4.24. The number of aromatic nitrogens is 3. The van der Waals surface area contributed by atoms with Crippen molar-refractivity contribution in [3.8, 4) is 5.88 Å². The smallest absolute Gasteiger partial charge is 0.241 e. The molecule has 128 valence electrons. The van der Waals surface area contributed by atoms with Gasteiger partial charge in [-0.05, 0) is 50.8 Å². The third kappa shape index (κ3) is 3.27. The van der Waals surface area contributed by atoms with Crippen molar-refractivity contribution >= 4 is 22.4 Å². The van der Waals surface area contributed by atoms with Crippen LogP contribution < -0.4 is 10.1 Å². The maximum atomic E-state index is 5.54. The summed E-state index contributed by atoms with van der Waals surface area (Å²) in [6, 6.07) is 2.55. The molecule has 1 fully saturated rings. The lowest BCUT2D eigenvalue weighted by molar-refractivity contribution is 0.402. The molecule has 25 heavy (non-hydrogen) atoms. The molecule has 2 aliphatic rings. The molecule has 5 nitrogen and oxygen atoms in total. The Hall–Kier alpha value is -2.69. The fourth-order valence-corrected chi connectivity index (χ4v) is 2.98. The van der Waals surface area contributed by atoms with Gasteiger partial charge in [0.25, 0.3) is 0 Å². The van der Waals surface area contributed by atoms with E-state index in [1.807, 2.05) is 12.3 Å². The van der Waals surface area contributed by atoms with Crippen molar-refractivity contribution in [1.29, 1.82) is 0 Å². The Kier molecular flexibility index (Phi) is 3.99. The predicted molar refractivity (Wildman–Crippen MR) is 101 cm³/mol. The average molecular weight is 334 g/mol. The third-order valence-corrected chi connectivity index (χ3v) is 4.57. The number of rotatable bonds is 4. The van der Waals surface area contributed by atoms with Crippen LogP contribution in [0.4, 0.5) is 5.95 Å². The highest BCUT2D eigenvalue weighted by molar-refractivity contribution is 5.89. The van der Waals surface area contributed by atoms with Crippen molar-refractivity contribution < 1.29 is 4.74 Å². The molecule has 0 saturated heterocycles. The molecular formula is C20H22N4O. The Balaban J connectivity index is 1.81. The van der Waals surface area contributed by atoms with Gasteiger partial charge in [0.15, 0.2) is 0 Å². The van der Waals surface area contributed by atoms with Gasteiger partial charge in [0.1, 0.15) is 5.52 Å². The molecule has 0 amide bonds. The second kappa shape index (κ2) is 6.31. The average Bonchev–Trinajstić information content (AvgIpc) is 3.43. The Morgan fingerprint density at radius 3 is 2.76 bits per heavy atom. The fourth-order valence-electron chi connectivity index (χ4n) is 2.98. The molecule has 2 aromatic heterocycles. The first-order valence-corrected chi connectivity index (χ1v) is 8.68. The van der Waals surface area contributed by atoms with Crippen LogP contribution in [0.15, 0.2) is 41.6 Å². The lowest BCUT2D eigenvalue weighted by atomic mass is 10.0. The standard InChI is InChI=1S/C20H22N4O/c1-12-5-4-6-13(2)16(9-12)17-10-14-11-21-20(22-15-7-8-15)24-18(14)19(23-17)25-3/h5-6,9-11,15H,4,7-8H2,1-3H3,(H,21,22,24). The van der Waals surface area contributed by atoms with Crippen molar-refractivity contribution in [2.24, 2.45) is 0 Å². The summed E-state index contributed by atoms with van der Waals surface area (Å²) in [7, 11) is 1.64. The molecule has 5 heteroatoms. The molecule has 1 saturated carbocycles. The van der Waals surface area contributed by atoms with E-state index in [-0.39, 0.29) is 0 Å². The minimum Gasteiger partial charge on any atom is -0.479 e. The van der Waals surface area contributed by atoms with Gasteiger partial charge in [-0.3, -0.25) is 0 Å². The van der Waals surface area contributed by atoms with Crippen LogP contribution in [0.2, 0.25) is 0 Å². The largest absolute Gasteiger partial charge is 0.479 e. The second-order valence-corrected chi connectivity index (χ2v) is 6.70. The van der Waals surface area contributed by atoms with Gasteiger partial charge in [-0.2, -0.15) is 0 Å². The van der Waals surface area contributed by atoms with Gasteiger partial charge in [0, 0.05) is 23.2 Å². The predicted octanol–water partition coefficient (Wildman–Crippen LogP) is 4.29. The molecule has 2 heterocycles. The molecule has 1 N–H and O–H groups in total. The fraction of sp³-hybridized carbons (Fsp3) is 0.350. The molecule has 2 aromatic rings. The van der Waals surface area contributed by atoms with E-state index in [0.29, 0.717) is 17.9 Å². The van der Waals surface area contributed by atoms with Crippen molar-refractivity contribution in [1.82, 2.24) is 15.0 Å². The van der Waals surface area contributed by atoms with Gasteiger partial charge in [-0.1, -0.05) is 17.7 Å². The molecule has 0 aliphatic heterocycles. The molecule has 4 rings (SSSR count). The van der Waals surface area contributed by atoms with Crippen molar-refractivity contribution in [3.63, 3.8) is 0 Å². The van der Waals surface area contributed by atoms with Gasteiger partial charge in [-0.15, -0.1) is 0 Å². The van der Waals surface area contributed by atoms with E-state index in [2.05, 4.69) is 47.4 Å². The normalized spacial score (nSPS) is 17.5. The monoisotopic (exact) mass is 334 g/mol. The first-order valence-electron chi connectivity index (χ1n) is 8.68. The van der Waals surface area contributed by atoms with Gasteiger partial charge < -0.3 is 10.1 Å². The minimum atomic E-state index is 0.509. The first-order chi connectivity index (χ1) is 12.1. The first kappa shape index (κ1) is 15.8. The van der Waals surface area contributed by atoms with Crippen LogP contribution in [0, 0.1) is 0 Å². The number of nitrogens with zero attached hydrogens (tertiary/aromatic N) is 3. The molecular weight excluding hydrogens is 312 g/mol. The van der Waals surface area contributed by atoms with Crippen LogP contribution in [0.25, 0.3) is 16.5 Å². The number of pyridine rings is 1. The zero-order valence-electron chi connectivity index (χ0n) is 14.8. The van der Waals surface area contributed by atoms with Gasteiger partial charge in [-0.25, -0.2) is 15.0 Å². The topological polar surface area (TPSA) is 59.9 Å². The molecule has 0 radical (unpaired) electrons. The Morgan fingerprint density at radius 1 is 1.16 bits per heavy atom. The highest BCUT2D eigenvalue weighted by atomic mass is 16.5. The second-order valence-electron chi connectivity index (χ2n) is 6.70. The van der Waals surface area contributed by atoms with Crippen LogP contribution >= 0.6 is 0 Å². The van der Waals surface area contributed by atoms with Crippen LogP contribution in [-0.4, -0.2) is 28.1 Å². The zero-order chi connectivity index (χ0) is 17.4. The molecule has 2 aliphatic carbocycles. The van der Waals surface area contributed by atoms with E-state index in [0.717, 1.165) is 28.6 Å². The molecule has 0 unspecified atom stereocenters. The maximum absolute atomic E-state index is 5.54. The Bertz CT molecular complexity index is 923. The van der Waals surface area contributed by atoms with E-state index in [1.165, 1.54) is 24.0 Å². The summed E-state index contributed by atoms with van der Waals surface area (Å²) in [5.41, 5.74) is 5.21. The number of allylic oxidation sites excluding steroid dienone is 6. The highest BCUT2D eigenvalue weighted by Gasteiger charge is 2.22. The number of hydrogen-bond donors (Lipinski definition) is 1. The highest BCUT2D eigenvalue weighted by Crippen LogP contribution is 2.32. The number of anilines is 1. The number of fused-ring (bicyclic) bond motifs is 1. The maximum Gasteiger partial charge on any atom is 0.241 e. The van der Waals surface area contributed by atoms with E-state index < -0.39 is 0 Å². The van der Waals surface area contributed by atoms with Crippen LogP contribution in [-0.2, 0) is 0 Å². The van der Waals surface area contributed by atoms with Gasteiger partial charge >= 0.3 is 0 Å². The summed E-state index contributed by atoms with van der Waals surface area (Å²) >= 11 is 0. The summed E-state index contributed by atoms with van der Waals surface area (Å²) in [5.74, 6) is 1.18. The Labute approximate surface area is 147 Å². The van der Waals surface area contributed by atoms with Crippen molar-refractivity contribution in [2.75, 3.05) is 12.4 Å². The van der Waals surface area contributed by atoms with E-state index >= 15 is 0 Å². The van der Waals surface area contributed by atoms with Gasteiger partial charge in [0.2, 0.25) is 11.8 Å². The van der Waals surface area contributed by atoms with Crippen LogP contribution in [0.5, 0.6) is 5.88 Å². The Morgan fingerprint density at radius 2 is 2.00 bits per heavy atom. The lowest BCUT2D eigenvalue weighted by Gasteiger charge is -2.12. The number of ether oxygens (including phenoxy) is 1. The zero-order valence-corrected chi connectivity index (χ0v) is 14.8. The molecule has 0 aromatic carbocycles. The van der Waals surface area contributed by atoms with Crippen molar-refractivity contribution in [3.05, 3.63) is 47.3 Å². The summed E-state index contributed by atoms with van der Waals surface area (Å²) in [4.78, 5) is 13.8. The quantitative estimate of drug-likeness (QED) is 0.904. The minimum absolute atomic E-state index is 0.509. The number of hydrogen-bond acceptors (Lipinski definition) is 5. The lowest BCUT2D eigenvalue weighted by Crippen LogP contribution is -2.06. The van der Waals surface area contributed by atoms with E-state index in [4.69, 9.17) is 9.72 Å². The van der Waals surface area contributed by atoms with Crippen LogP contribution in [0.1, 0.15) is 38.8 Å². The SMILES string of the molecule is COc1nc(C2=CC(C)=CCC=C2C)cc2cnc(NC3CC3)nc12. The number of nitrogens with one attached hydrogen (secondary N) is 1. The molecule has 0 spiro atoms. The number of methoxy groups -OCH3 is 1. The summed E-state index contributed by atoms with van der Waals surface area (Å²) in [6.07, 6.45) is 11.8. The van der Waals surface area contributed by atoms with E-state index in [1.54, 1.807) is 7.11 Å². The molecule has 0 bridgehead atoms. The van der Waals surface area contributed by atoms with Gasteiger partial charge in [0.05, 0.1) is 12.8 Å².